The number of benzene rings is 3. The molecule has 1 aliphatic rings. The number of rotatable bonds is 8. The third kappa shape index (κ3) is 13.9. The van der Waals surface area contributed by atoms with E-state index in [0.717, 1.165) is 11.1 Å². The Kier molecular flexibility index (Phi) is 14.4. The van der Waals surface area contributed by atoms with E-state index in [4.69, 9.17) is 10.3 Å². The second kappa shape index (κ2) is 17.5. The number of carbonyl (C=O) groups is 2. The van der Waals surface area contributed by atoms with E-state index in [-0.39, 0.29) is 12.0 Å². The van der Waals surface area contributed by atoms with Gasteiger partial charge in [0.2, 0.25) is 5.91 Å². The first-order valence-corrected chi connectivity index (χ1v) is 16.2. The zero-order chi connectivity index (χ0) is 31.0. The normalized spacial score (nSPS) is 13.8. The highest BCUT2D eigenvalue weighted by Crippen LogP contribution is 2.26. The van der Waals surface area contributed by atoms with Crippen molar-refractivity contribution in [2.45, 2.75) is 77.0 Å². The monoisotopic (exact) mass is 594 g/mol. The van der Waals surface area contributed by atoms with E-state index in [0.29, 0.717) is 12.0 Å². The predicted molar refractivity (Wildman–Crippen MR) is 170 cm³/mol. The van der Waals surface area contributed by atoms with Crippen LogP contribution in [0.4, 0.5) is 0 Å². The lowest BCUT2D eigenvalue weighted by molar-refractivity contribution is -0.119. The van der Waals surface area contributed by atoms with Crippen molar-refractivity contribution in [2.24, 2.45) is 5.73 Å². The first-order chi connectivity index (χ1) is 19.9. The summed E-state index contributed by atoms with van der Waals surface area (Å²) < 4.78 is 30.1. The fourth-order valence-corrected chi connectivity index (χ4v) is 4.83. The van der Waals surface area contributed by atoms with Gasteiger partial charge in [0.1, 0.15) is 0 Å². The molecule has 1 fully saturated rings. The zero-order valence-corrected chi connectivity index (χ0v) is 25.9. The van der Waals surface area contributed by atoms with Crippen molar-refractivity contribution in [3.8, 4) is 0 Å². The second-order valence-corrected chi connectivity index (χ2v) is 13.1. The molecule has 42 heavy (non-hydrogen) atoms. The van der Waals surface area contributed by atoms with Crippen LogP contribution in [-0.4, -0.2) is 37.1 Å². The molecule has 2 amide bonds. The lowest BCUT2D eigenvalue weighted by Crippen LogP contribution is -2.28. The van der Waals surface area contributed by atoms with Crippen molar-refractivity contribution in [1.82, 2.24) is 5.32 Å². The molecule has 8 heteroatoms. The molecule has 0 aromatic heterocycles. The number of primary amides is 1. The maximum Gasteiger partial charge on any atom is 0.266 e. The van der Waals surface area contributed by atoms with E-state index in [1.165, 1.54) is 44.1 Å². The molecule has 0 aliphatic heterocycles. The Hall–Kier alpha value is -3.49. The highest BCUT2D eigenvalue weighted by Gasteiger charge is 2.20. The molecule has 1 unspecified atom stereocenters. The van der Waals surface area contributed by atoms with Crippen LogP contribution in [-0.2, 0) is 26.7 Å². The molecule has 3 aromatic carbocycles. The third-order valence-electron chi connectivity index (χ3n) is 6.99. The zero-order valence-electron chi connectivity index (χ0n) is 25.1. The van der Waals surface area contributed by atoms with Crippen LogP contribution in [0.15, 0.2) is 84.9 Å². The number of nitrogens with two attached hydrogens (primary N) is 1. The van der Waals surface area contributed by atoms with Crippen molar-refractivity contribution in [1.29, 1.82) is 0 Å². The third-order valence-corrected chi connectivity index (χ3v) is 7.71. The van der Waals surface area contributed by atoms with Gasteiger partial charge < -0.3 is 11.1 Å². The largest absolute Gasteiger partial charge is 0.369 e. The molecule has 1 saturated carbocycles. The van der Waals surface area contributed by atoms with Crippen LogP contribution in [0.5, 0.6) is 0 Å². The Bertz CT molecular complexity index is 1270. The highest BCUT2D eigenvalue weighted by molar-refractivity contribution is 7.85. The molecule has 3 aromatic rings. The summed E-state index contributed by atoms with van der Waals surface area (Å²) in [5.74, 6) is -1.92. The van der Waals surface area contributed by atoms with Crippen LogP contribution in [0.1, 0.15) is 92.3 Å². The minimum absolute atomic E-state index is 0.0124. The van der Waals surface area contributed by atoms with Crippen LogP contribution >= 0.6 is 0 Å². The Morgan fingerprint density at radius 3 is 1.64 bits per heavy atom. The molecular formula is C34H46N2O5S. The van der Waals surface area contributed by atoms with Crippen molar-refractivity contribution >= 4 is 21.9 Å². The number of nitrogens with one attached hydrogen (secondary N) is 1. The molecule has 228 valence electrons. The van der Waals surface area contributed by atoms with Gasteiger partial charge in [0.15, 0.2) is 0 Å². The van der Waals surface area contributed by atoms with Gasteiger partial charge in [-0.2, -0.15) is 8.42 Å². The number of amides is 2. The molecule has 1 aliphatic carbocycles. The van der Waals surface area contributed by atoms with Gasteiger partial charge in [-0.15, -0.1) is 0 Å². The summed E-state index contributed by atoms with van der Waals surface area (Å²) in [5, 5.41) is 2.42. The van der Waals surface area contributed by atoms with E-state index in [1.807, 2.05) is 60.7 Å². The molecule has 7 nitrogen and oxygen atoms in total. The summed E-state index contributed by atoms with van der Waals surface area (Å²) in [6.45, 7) is 6.17. The number of hydrogen-bond acceptors (Lipinski definition) is 4. The topological polar surface area (TPSA) is 127 Å². The smallest absolute Gasteiger partial charge is 0.266 e. The Morgan fingerprint density at radius 2 is 1.26 bits per heavy atom. The molecule has 4 N–H and O–H groups in total. The first kappa shape index (κ1) is 34.7. The van der Waals surface area contributed by atoms with Gasteiger partial charge in [0.05, 0.1) is 11.7 Å². The molecule has 1 atom stereocenters. The summed E-state index contributed by atoms with van der Waals surface area (Å²) >= 11 is 0. The average molecular weight is 595 g/mol. The maximum absolute atomic E-state index is 12.0. The van der Waals surface area contributed by atoms with Crippen molar-refractivity contribution < 1.29 is 22.6 Å². The SMILES string of the molecule is C1CCCCC1.CC(C)(C)c1ccc(C(Cc2ccc(C(=O)NCCS(=O)(=O)O)cc2)C(N)=O)cc1.c1ccccc1. The minimum atomic E-state index is -4.13. The van der Waals surface area contributed by atoms with Crippen molar-refractivity contribution in [3.05, 3.63) is 107 Å². The highest BCUT2D eigenvalue weighted by atomic mass is 32.2. The second-order valence-electron chi connectivity index (χ2n) is 11.5. The van der Waals surface area contributed by atoms with E-state index in [2.05, 4.69) is 26.1 Å². The quantitative estimate of drug-likeness (QED) is 0.259. The van der Waals surface area contributed by atoms with Gasteiger partial charge in [-0.1, -0.05) is 132 Å². The van der Waals surface area contributed by atoms with E-state index < -0.39 is 33.6 Å². The molecule has 0 heterocycles. The predicted octanol–water partition coefficient (Wildman–Crippen LogP) is 6.44. The van der Waals surface area contributed by atoms with E-state index >= 15 is 0 Å². The van der Waals surface area contributed by atoms with Crippen LogP contribution in [0.3, 0.4) is 0 Å². The van der Waals surface area contributed by atoms with E-state index in [9.17, 15) is 18.0 Å². The fourth-order valence-electron chi connectivity index (χ4n) is 4.47. The van der Waals surface area contributed by atoms with E-state index in [1.54, 1.807) is 24.3 Å². The number of hydrogen-bond donors (Lipinski definition) is 3. The number of carbonyl (C=O) groups excluding carboxylic acids is 2. The van der Waals surface area contributed by atoms with Gasteiger partial charge in [0, 0.05) is 12.1 Å². The van der Waals surface area contributed by atoms with Gasteiger partial charge in [-0.3, -0.25) is 14.1 Å². The minimum Gasteiger partial charge on any atom is -0.369 e. The summed E-state index contributed by atoms with van der Waals surface area (Å²) in [6.07, 6.45) is 9.40. The summed E-state index contributed by atoms with van der Waals surface area (Å²) in [6, 6.07) is 26.5. The summed E-state index contributed by atoms with van der Waals surface area (Å²) in [4.78, 5) is 24.1. The van der Waals surface area contributed by atoms with Crippen LogP contribution in [0.25, 0.3) is 0 Å². The molecule has 4 rings (SSSR count). The van der Waals surface area contributed by atoms with Crippen LogP contribution in [0, 0.1) is 0 Å². The molecule has 0 bridgehead atoms. The maximum atomic E-state index is 12.0. The molecular weight excluding hydrogens is 548 g/mol. The summed E-state index contributed by atoms with van der Waals surface area (Å²) in [5.41, 5.74) is 8.84. The molecule has 0 saturated heterocycles. The Morgan fingerprint density at radius 1 is 0.810 bits per heavy atom. The fraction of sp³-hybridized carbons (Fsp3) is 0.412. The Labute approximate surface area is 251 Å². The summed E-state index contributed by atoms with van der Waals surface area (Å²) in [7, 11) is -4.13. The molecule has 0 spiro atoms. The lowest BCUT2D eigenvalue weighted by atomic mass is 9.84. The standard InChI is InChI=1S/C22H28N2O5S.C6H12.C6H6/c1-22(2,3)18-10-8-16(9-11-18)19(20(23)25)14-15-4-6-17(7-5-15)21(26)24-12-13-30(27,28)29;2*1-2-4-6-5-3-1/h4-11,19H,12-14H2,1-3H3,(H2,23,25)(H,24,26)(H,27,28,29);1-6H2;1-6H. The van der Waals surface area contributed by atoms with Crippen molar-refractivity contribution in [2.75, 3.05) is 12.3 Å². The average Bonchev–Trinajstić information content (AvgIpc) is 2.97. The van der Waals surface area contributed by atoms with Gasteiger partial charge in [0.25, 0.3) is 16.0 Å². The van der Waals surface area contributed by atoms with Gasteiger partial charge in [-0.25, -0.2) is 0 Å². The van der Waals surface area contributed by atoms with Crippen LogP contribution in [0.2, 0.25) is 0 Å². The first-order valence-electron chi connectivity index (χ1n) is 14.6. The van der Waals surface area contributed by atoms with Gasteiger partial charge in [-0.05, 0) is 40.7 Å². The Balaban J connectivity index is 0.000000418. The molecule has 0 radical (unpaired) electrons. The van der Waals surface area contributed by atoms with Gasteiger partial charge >= 0.3 is 0 Å². The lowest BCUT2D eigenvalue weighted by Gasteiger charge is -2.20. The van der Waals surface area contributed by atoms with Crippen LogP contribution < -0.4 is 11.1 Å². The van der Waals surface area contributed by atoms with Crippen molar-refractivity contribution in [3.63, 3.8) is 0 Å².